The summed E-state index contributed by atoms with van der Waals surface area (Å²) in [5, 5.41) is 0. The van der Waals surface area contributed by atoms with Gasteiger partial charge in [0.05, 0.1) is 7.11 Å². The van der Waals surface area contributed by atoms with Crippen LogP contribution in [0.2, 0.25) is 0 Å². The van der Waals surface area contributed by atoms with Crippen molar-refractivity contribution in [3.05, 3.63) is 29.3 Å². The summed E-state index contributed by atoms with van der Waals surface area (Å²) in [5.41, 5.74) is 1.83. The van der Waals surface area contributed by atoms with Crippen molar-refractivity contribution in [1.29, 1.82) is 0 Å². The number of aldehydes is 1. The molecule has 1 unspecified atom stereocenters. The Morgan fingerprint density at radius 2 is 2.21 bits per heavy atom. The van der Waals surface area contributed by atoms with E-state index < -0.39 is 0 Å². The van der Waals surface area contributed by atoms with E-state index in [1.54, 1.807) is 13.2 Å². The molecule has 0 aliphatic heterocycles. The van der Waals surface area contributed by atoms with Crippen LogP contribution >= 0.6 is 0 Å². The lowest BCUT2D eigenvalue weighted by Crippen LogP contribution is -1.97. The summed E-state index contributed by atoms with van der Waals surface area (Å²) < 4.78 is 5.25. The maximum absolute atomic E-state index is 10.6. The molecular weight excluding hydrogens is 176 g/mol. The first-order valence-electron chi connectivity index (χ1n) is 4.86. The van der Waals surface area contributed by atoms with Crippen molar-refractivity contribution in [2.75, 3.05) is 7.11 Å². The van der Waals surface area contributed by atoms with E-state index in [1.165, 1.54) is 5.56 Å². The van der Waals surface area contributed by atoms with Gasteiger partial charge in [-0.2, -0.15) is 0 Å². The predicted molar refractivity (Wildman–Crippen MR) is 57.1 cm³/mol. The molecule has 0 saturated heterocycles. The Bertz CT molecular complexity index is 318. The van der Waals surface area contributed by atoms with Gasteiger partial charge in [-0.3, -0.25) is 4.79 Å². The number of ether oxygens (including phenoxy) is 1. The first-order chi connectivity index (χ1) is 6.72. The van der Waals surface area contributed by atoms with Crippen LogP contribution in [-0.2, 0) is 0 Å². The zero-order valence-corrected chi connectivity index (χ0v) is 8.91. The summed E-state index contributed by atoms with van der Waals surface area (Å²) in [5.74, 6) is 1.27. The van der Waals surface area contributed by atoms with Crippen LogP contribution in [0.5, 0.6) is 5.75 Å². The summed E-state index contributed by atoms with van der Waals surface area (Å²) in [6, 6.07) is 5.59. The molecule has 0 bridgehead atoms. The summed E-state index contributed by atoms with van der Waals surface area (Å²) in [6.07, 6.45) is 1.90. The fraction of sp³-hybridized carbons (Fsp3) is 0.417. The van der Waals surface area contributed by atoms with Crippen molar-refractivity contribution in [3.8, 4) is 5.75 Å². The second-order valence-electron chi connectivity index (χ2n) is 3.43. The fourth-order valence-electron chi connectivity index (χ4n) is 1.43. The third-order valence-electron chi connectivity index (χ3n) is 2.54. The Hall–Kier alpha value is -1.31. The monoisotopic (exact) mass is 192 g/mol. The van der Waals surface area contributed by atoms with Crippen LogP contribution in [0.15, 0.2) is 18.2 Å². The normalized spacial score (nSPS) is 12.2. The molecule has 0 radical (unpaired) electrons. The van der Waals surface area contributed by atoms with Gasteiger partial charge in [0.1, 0.15) is 12.0 Å². The number of methoxy groups -OCH3 is 1. The van der Waals surface area contributed by atoms with E-state index in [-0.39, 0.29) is 0 Å². The molecule has 76 valence electrons. The van der Waals surface area contributed by atoms with Gasteiger partial charge in [0.25, 0.3) is 0 Å². The smallest absolute Gasteiger partial charge is 0.150 e. The Kier molecular flexibility index (Phi) is 3.69. The van der Waals surface area contributed by atoms with Gasteiger partial charge in [-0.25, -0.2) is 0 Å². The van der Waals surface area contributed by atoms with Gasteiger partial charge in [0.15, 0.2) is 0 Å². The highest BCUT2D eigenvalue weighted by Crippen LogP contribution is 2.28. The Labute approximate surface area is 84.9 Å². The molecule has 0 aliphatic carbocycles. The second kappa shape index (κ2) is 4.80. The molecule has 0 N–H and O–H groups in total. The quantitative estimate of drug-likeness (QED) is 0.685. The molecule has 0 heterocycles. The number of benzene rings is 1. The minimum absolute atomic E-state index is 0.464. The molecule has 1 rings (SSSR count). The molecule has 0 saturated carbocycles. The lowest BCUT2D eigenvalue weighted by atomic mass is 9.96. The van der Waals surface area contributed by atoms with Gasteiger partial charge < -0.3 is 4.74 Å². The van der Waals surface area contributed by atoms with Crippen molar-refractivity contribution in [2.45, 2.75) is 26.2 Å². The number of carbonyl (C=O) groups excluding carboxylic acids is 1. The Morgan fingerprint density at radius 3 is 2.71 bits per heavy atom. The summed E-state index contributed by atoms with van der Waals surface area (Å²) in [6.45, 7) is 4.29. The zero-order chi connectivity index (χ0) is 10.6. The lowest BCUT2D eigenvalue weighted by molar-refractivity contribution is 0.112. The number of rotatable bonds is 4. The standard InChI is InChI=1S/C12H16O2/c1-4-9(2)11-6-5-10(8-13)7-12(11)14-3/h5-9H,4H2,1-3H3. The van der Waals surface area contributed by atoms with Gasteiger partial charge in [0.2, 0.25) is 0 Å². The van der Waals surface area contributed by atoms with Crippen LogP contribution in [0, 0.1) is 0 Å². The van der Waals surface area contributed by atoms with Crippen LogP contribution in [0.1, 0.15) is 42.1 Å². The highest BCUT2D eigenvalue weighted by Gasteiger charge is 2.09. The van der Waals surface area contributed by atoms with E-state index in [0.717, 1.165) is 18.5 Å². The number of hydrogen-bond acceptors (Lipinski definition) is 2. The first-order valence-corrected chi connectivity index (χ1v) is 4.86. The molecule has 1 aromatic rings. The highest BCUT2D eigenvalue weighted by atomic mass is 16.5. The van der Waals surface area contributed by atoms with Crippen LogP contribution < -0.4 is 4.74 Å². The van der Waals surface area contributed by atoms with Crippen molar-refractivity contribution in [1.82, 2.24) is 0 Å². The van der Waals surface area contributed by atoms with Crippen molar-refractivity contribution in [2.24, 2.45) is 0 Å². The van der Waals surface area contributed by atoms with E-state index >= 15 is 0 Å². The SMILES string of the molecule is CCC(C)c1ccc(C=O)cc1OC. The van der Waals surface area contributed by atoms with Crippen molar-refractivity contribution >= 4 is 6.29 Å². The Balaban J connectivity index is 3.10. The molecule has 0 aliphatic rings. The minimum atomic E-state index is 0.464. The maximum atomic E-state index is 10.6. The van der Waals surface area contributed by atoms with Crippen LogP contribution in [0.25, 0.3) is 0 Å². The topological polar surface area (TPSA) is 26.3 Å². The average Bonchev–Trinajstić information content (AvgIpc) is 2.27. The third-order valence-corrected chi connectivity index (χ3v) is 2.54. The molecule has 1 aromatic carbocycles. The lowest BCUT2D eigenvalue weighted by Gasteiger charge is -2.13. The van der Waals surface area contributed by atoms with Gasteiger partial charge in [0, 0.05) is 5.56 Å². The molecule has 0 spiro atoms. The predicted octanol–water partition coefficient (Wildman–Crippen LogP) is 3.02. The van der Waals surface area contributed by atoms with Crippen molar-refractivity contribution < 1.29 is 9.53 Å². The number of hydrogen-bond donors (Lipinski definition) is 0. The van der Waals surface area contributed by atoms with E-state index in [0.29, 0.717) is 11.5 Å². The van der Waals surface area contributed by atoms with E-state index in [4.69, 9.17) is 4.74 Å². The van der Waals surface area contributed by atoms with E-state index in [2.05, 4.69) is 13.8 Å². The van der Waals surface area contributed by atoms with Crippen LogP contribution in [0.4, 0.5) is 0 Å². The molecule has 2 heteroatoms. The minimum Gasteiger partial charge on any atom is -0.496 e. The van der Waals surface area contributed by atoms with Crippen LogP contribution in [0.3, 0.4) is 0 Å². The van der Waals surface area contributed by atoms with Crippen LogP contribution in [-0.4, -0.2) is 13.4 Å². The Morgan fingerprint density at radius 1 is 1.50 bits per heavy atom. The van der Waals surface area contributed by atoms with Gasteiger partial charge in [-0.15, -0.1) is 0 Å². The average molecular weight is 192 g/mol. The van der Waals surface area contributed by atoms with Gasteiger partial charge in [-0.1, -0.05) is 26.0 Å². The molecular formula is C12H16O2. The summed E-state index contributed by atoms with van der Waals surface area (Å²) in [7, 11) is 1.63. The summed E-state index contributed by atoms with van der Waals surface area (Å²) >= 11 is 0. The molecule has 2 nitrogen and oxygen atoms in total. The van der Waals surface area contributed by atoms with Gasteiger partial charge >= 0.3 is 0 Å². The largest absolute Gasteiger partial charge is 0.496 e. The number of carbonyl (C=O) groups is 1. The van der Waals surface area contributed by atoms with E-state index in [9.17, 15) is 4.79 Å². The fourth-order valence-corrected chi connectivity index (χ4v) is 1.43. The zero-order valence-electron chi connectivity index (χ0n) is 8.91. The van der Waals surface area contributed by atoms with Crippen molar-refractivity contribution in [3.63, 3.8) is 0 Å². The first kappa shape index (κ1) is 10.8. The maximum Gasteiger partial charge on any atom is 0.150 e. The second-order valence-corrected chi connectivity index (χ2v) is 3.43. The highest BCUT2D eigenvalue weighted by molar-refractivity contribution is 5.76. The molecule has 1 atom stereocenters. The molecule has 0 aromatic heterocycles. The third kappa shape index (κ3) is 2.13. The van der Waals surface area contributed by atoms with Gasteiger partial charge in [-0.05, 0) is 24.0 Å². The molecule has 0 fully saturated rings. The van der Waals surface area contributed by atoms with E-state index in [1.807, 2.05) is 12.1 Å². The molecule has 14 heavy (non-hydrogen) atoms. The molecule has 0 amide bonds. The summed E-state index contributed by atoms with van der Waals surface area (Å²) in [4.78, 5) is 10.6.